The monoisotopic (exact) mass is 338 g/mol. The molecule has 4 nitrogen and oxygen atoms in total. The fraction of sp³-hybridized carbons (Fsp3) is 0.611. The SMILES string of the molecule is CC(C)(C)C1CCC(OC(=O)c2ccccc2S(C)(=O)=O)CC1. The Morgan fingerprint density at radius 2 is 1.65 bits per heavy atom. The molecule has 0 bridgehead atoms. The van der Waals surface area contributed by atoms with E-state index in [2.05, 4.69) is 20.8 Å². The molecule has 1 aromatic carbocycles. The number of sulfone groups is 1. The average molecular weight is 338 g/mol. The van der Waals surface area contributed by atoms with Gasteiger partial charge in [-0.3, -0.25) is 0 Å². The van der Waals surface area contributed by atoms with E-state index in [0.29, 0.717) is 5.92 Å². The van der Waals surface area contributed by atoms with E-state index in [1.54, 1.807) is 12.1 Å². The Bertz CT molecular complexity index is 663. The molecule has 0 spiro atoms. The first kappa shape index (κ1) is 18.0. The molecule has 1 aromatic rings. The minimum atomic E-state index is -3.45. The van der Waals surface area contributed by atoms with Gasteiger partial charge in [-0.05, 0) is 49.1 Å². The molecular formula is C18H26O4S. The summed E-state index contributed by atoms with van der Waals surface area (Å²) in [7, 11) is -3.45. The molecule has 0 atom stereocenters. The molecule has 0 aliphatic heterocycles. The molecule has 0 N–H and O–H groups in total. The van der Waals surface area contributed by atoms with Gasteiger partial charge >= 0.3 is 5.97 Å². The lowest BCUT2D eigenvalue weighted by Gasteiger charge is -2.36. The molecule has 1 aliphatic carbocycles. The van der Waals surface area contributed by atoms with E-state index in [4.69, 9.17) is 4.74 Å². The van der Waals surface area contributed by atoms with Crippen LogP contribution in [0.4, 0.5) is 0 Å². The molecule has 0 unspecified atom stereocenters. The Balaban J connectivity index is 2.05. The summed E-state index contributed by atoms with van der Waals surface area (Å²) < 4.78 is 29.2. The van der Waals surface area contributed by atoms with Gasteiger partial charge in [0.05, 0.1) is 10.5 Å². The number of hydrogen-bond donors (Lipinski definition) is 0. The number of esters is 1. The maximum atomic E-state index is 12.4. The van der Waals surface area contributed by atoms with Gasteiger partial charge < -0.3 is 4.74 Å². The number of benzene rings is 1. The first-order valence-electron chi connectivity index (χ1n) is 8.09. The van der Waals surface area contributed by atoms with Crippen molar-refractivity contribution >= 4 is 15.8 Å². The van der Waals surface area contributed by atoms with Crippen LogP contribution < -0.4 is 0 Å². The smallest absolute Gasteiger partial charge is 0.339 e. The molecule has 0 radical (unpaired) electrons. The van der Waals surface area contributed by atoms with E-state index in [1.807, 2.05) is 0 Å². The molecule has 2 rings (SSSR count). The van der Waals surface area contributed by atoms with E-state index in [9.17, 15) is 13.2 Å². The Labute approximate surface area is 139 Å². The van der Waals surface area contributed by atoms with Crippen LogP contribution in [0.15, 0.2) is 29.2 Å². The Hall–Kier alpha value is -1.36. The van der Waals surface area contributed by atoms with Crippen molar-refractivity contribution in [3.63, 3.8) is 0 Å². The van der Waals surface area contributed by atoms with E-state index < -0.39 is 15.8 Å². The van der Waals surface area contributed by atoms with Crippen molar-refractivity contribution in [2.24, 2.45) is 11.3 Å². The molecule has 0 heterocycles. The van der Waals surface area contributed by atoms with Crippen LogP contribution in [-0.2, 0) is 14.6 Å². The van der Waals surface area contributed by atoms with Crippen molar-refractivity contribution in [3.05, 3.63) is 29.8 Å². The van der Waals surface area contributed by atoms with Gasteiger partial charge in [-0.25, -0.2) is 13.2 Å². The quantitative estimate of drug-likeness (QED) is 0.785. The number of carbonyl (C=O) groups is 1. The van der Waals surface area contributed by atoms with Gasteiger partial charge in [0.15, 0.2) is 9.84 Å². The van der Waals surface area contributed by atoms with Gasteiger partial charge in [0.2, 0.25) is 0 Å². The maximum Gasteiger partial charge on any atom is 0.339 e. The second-order valence-corrected chi connectivity index (χ2v) is 9.50. The number of carbonyl (C=O) groups excluding carboxylic acids is 1. The molecule has 0 amide bonds. The molecule has 1 aliphatic rings. The highest BCUT2D eigenvalue weighted by molar-refractivity contribution is 7.90. The minimum Gasteiger partial charge on any atom is -0.459 e. The molecule has 128 valence electrons. The summed E-state index contributed by atoms with van der Waals surface area (Å²) in [5.41, 5.74) is 0.408. The largest absolute Gasteiger partial charge is 0.459 e. The molecule has 0 aromatic heterocycles. The van der Waals surface area contributed by atoms with E-state index in [0.717, 1.165) is 31.9 Å². The third-order valence-corrected chi connectivity index (χ3v) is 5.83. The van der Waals surface area contributed by atoms with Gasteiger partial charge in [-0.1, -0.05) is 32.9 Å². The molecule has 1 saturated carbocycles. The predicted molar refractivity (Wildman–Crippen MR) is 90.2 cm³/mol. The van der Waals surface area contributed by atoms with E-state index in [-0.39, 0.29) is 22.0 Å². The van der Waals surface area contributed by atoms with Gasteiger partial charge in [0.25, 0.3) is 0 Å². The summed E-state index contributed by atoms with van der Waals surface area (Å²) in [6.07, 6.45) is 4.75. The summed E-state index contributed by atoms with van der Waals surface area (Å²) in [6, 6.07) is 6.23. The van der Waals surface area contributed by atoms with Crippen LogP contribution in [-0.4, -0.2) is 26.7 Å². The summed E-state index contributed by atoms with van der Waals surface area (Å²) >= 11 is 0. The first-order chi connectivity index (χ1) is 10.6. The lowest BCUT2D eigenvalue weighted by atomic mass is 9.72. The highest BCUT2D eigenvalue weighted by Crippen LogP contribution is 2.38. The van der Waals surface area contributed by atoms with E-state index >= 15 is 0 Å². The average Bonchev–Trinajstić information content (AvgIpc) is 2.46. The highest BCUT2D eigenvalue weighted by atomic mass is 32.2. The van der Waals surface area contributed by atoms with Crippen molar-refractivity contribution in [1.29, 1.82) is 0 Å². The van der Waals surface area contributed by atoms with Gasteiger partial charge in [-0.2, -0.15) is 0 Å². The standard InChI is InChI=1S/C18H26O4S/c1-18(2,3)13-9-11-14(12-10-13)22-17(19)15-7-5-6-8-16(15)23(4,20)21/h5-8,13-14H,9-12H2,1-4H3. The lowest BCUT2D eigenvalue weighted by Crippen LogP contribution is -2.30. The van der Waals surface area contributed by atoms with Crippen molar-refractivity contribution in [1.82, 2.24) is 0 Å². The van der Waals surface area contributed by atoms with E-state index in [1.165, 1.54) is 12.1 Å². The highest BCUT2D eigenvalue weighted by Gasteiger charge is 2.31. The summed E-state index contributed by atoms with van der Waals surface area (Å²) in [4.78, 5) is 12.4. The zero-order valence-corrected chi connectivity index (χ0v) is 15.2. The second kappa shape index (κ2) is 6.63. The van der Waals surface area contributed by atoms with Crippen molar-refractivity contribution in [2.75, 3.05) is 6.26 Å². The number of rotatable bonds is 3. The van der Waals surface area contributed by atoms with Gasteiger partial charge in [0, 0.05) is 6.26 Å². The third kappa shape index (κ3) is 4.56. The van der Waals surface area contributed by atoms with Gasteiger partial charge in [0.1, 0.15) is 6.10 Å². The van der Waals surface area contributed by atoms with Crippen LogP contribution in [0.5, 0.6) is 0 Å². The number of ether oxygens (including phenoxy) is 1. The molecule has 5 heteroatoms. The minimum absolute atomic E-state index is 0.0355. The van der Waals surface area contributed by atoms with Crippen LogP contribution in [0.25, 0.3) is 0 Å². The number of hydrogen-bond acceptors (Lipinski definition) is 4. The van der Waals surface area contributed by atoms with Crippen LogP contribution >= 0.6 is 0 Å². The zero-order valence-electron chi connectivity index (χ0n) is 14.3. The molecule has 23 heavy (non-hydrogen) atoms. The Kier molecular flexibility index (Phi) is 5.19. The molecule has 0 saturated heterocycles. The van der Waals surface area contributed by atoms with Crippen molar-refractivity contribution in [3.8, 4) is 0 Å². The van der Waals surface area contributed by atoms with Crippen LogP contribution in [0, 0.1) is 11.3 Å². The van der Waals surface area contributed by atoms with Crippen molar-refractivity contribution in [2.45, 2.75) is 57.5 Å². The summed E-state index contributed by atoms with van der Waals surface area (Å²) in [5.74, 6) is 0.103. The first-order valence-corrected chi connectivity index (χ1v) is 9.98. The Morgan fingerprint density at radius 1 is 1.09 bits per heavy atom. The normalized spacial score (nSPS) is 22.6. The maximum absolute atomic E-state index is 12.4. The topological polar surface area (TPSA) is 60.4 Å². The molecular weight excluding hydrogens is 312 g/mol. The summed E-state index contributed by atoms with van der Waals surface area (Å²) in [6.45, 7) is 6.73. The summed E-state index contributed by atoms with van der Waals surface area (Å²) in [5, 5.41) is 0. The van der Waals surface area contributed by atoms with Crippen LogP contribution in [0.1, 0.15) is 56.8 Å². The molecule has 1 fully saturated rings. The van der Waals surface area contributed by atoms with Crippen LogP contribution in [0.3, 0.4) is 0 Å². The third-order valence-electron chi connectivity index (χ3n) is 4.68. The predicted octanol–water partition coefficient (Wildman–Crippen LogP) is 3.85. The zero-order chi connectivity index (χ0) is 17.3. The second-order valence-electron chi connectivity index (χ2n) is 7.51. The van der Waals surface area contributed by atoms with Gasteiger partial charge in [-0.15, -0.1) is 0 Å². The fourth-order valence-electron chi connectivity index (χ4n) is 3.22. The van der Waals surface area contributed by atoms with Crippen molar-refractivity contribution < 1.29 is 17.9 Å². The fourth-order valence-corrected chi connectivity index (χ4v) is 4.10. The lowest BCUT2D eigenvalue weighted by molar-refractivity contribution is 0.00891. The Morgan fingerprint density at radius 3 is 2.17 bits per heavy atom. The van der Waals surface area contributed by atoms with Crippen LogP contribution in [0.2, 0.25) is 0 Å².